The monoisotopic (exact) mass is 390 g/mol. The fourth-order valence-corrected chi connectivity index (χ4v) is 4.99. The van der Waals surface area contributed by atoms with Crippen LogP contribution in [0.25, 0.3) is 0 Å². The zero-order valence-corrected chi connectivity index (χ0v) is 16.0. The van der Waals surface area contributed by atoms with Gasteiger partial charge in [0.2, 0.25) is 10.0 Å². The number of hydrogen-bond acceptors (Lipinski definition) is 3. The summed E-state index contributed by atoms with van der Waals surface area (Å²) in [6.07, 6.45) is 2.72. The molecule has 1 atom stereocenters. The topological polar surface area (TPSA) is 66.5 Å². The zero-order chi connectivity index (χ0) is 19.4. The van der Waals surface area contributed by atoms with Crippen LogP contribution in [0.1, 0.15) is 42.1 Å². The number of piperidine rings is 1. The van der Waals surface area contributed by atoms with E-state index in [9.17, 15) is 17.6 Å². The van der Waals surface area contributed by atoms with Gasteiger partial charge in [0.1, 0.15) is 5.82 Å². The van der Waals surface area contributed by atoms with Crippen LogP contribution in [0.3, 0.4) is 0 Å². The predicted molar refractivity (Wildman–Crippen MR) is 101 cm³/mol. The molecular weight excluding hydrogens is 367 g/mol. The number of benzene rings is 2. The van der Waals surface area contributed by atoms with E-state index in [2.05, 4.69) is 5.32 Å². The third-order valence-electron chi connectivity index (χ3n) is 4.81. The largest absolute Gasteiger partial charge is 0.348 e. The number of rotatable bonds is 5. The molecule has 1 unspecified atom stereocenters. The van der Waals surface area contributed by atoms with Gasteiger partial charge in [0.25, 0.3) is 5.91 Å². The van der Waals surface area contributed by atoms with E-state index >= 15 is 0 Å². The maximum atomic E-state index is 12.9. The molecule has 3 rings (SSSR count). The fourth-order valence-electron chi connectivity index (χ4n) is 3.25. The molecule has 2 aromatic carbocycles. The highest BCUT2D eigenvalue weighted by atomic mass is 32.2. The minimum atomic E-state index is -3.63. The Labute approximate surface area is 159 Å². The molecule has 0 aromatic heterocycles. The Morgan fingerprint density at radius 3 is 2.63 bits per heavy atom. The van der Waals surface area contributed by atoms with Gasteiger partial charge in [-0.15, -0.1) is 0 Å². The first-order valence-electron chi connectivity index (χ1n) is 9.02. The van der Waals surface area contributed by atoms with Gasteiger partial charge in [-0.25, -0.2) is 12.8 Å². The molecule has 0 spiro atoms. The molecule has 5 nitrogen and oxygen atoms in total. The summed E-state index contributed by atoms with van der Waals surface area (Å²) >= 11 is 0. The lowest BCUT2D eigenvalue weighted by Gasteiger charge is -2.32. The van der Waals surface area contributed by atoms with Crippen molar-refractivity contribution in [2.24, 2.45) is 0 Å². The maximum absolute atomic E-state index is 12.9. The van der Waals surface area contributed by atoms with Crippen molar-refractivity contribution < 1.29 is 17.6 Å². The molecule has 1 fully saturated rings. The van der Waals surface area contributed by atoms with E-state index < -0.39 is 10.0 Å². The van der Waals surface area contributed by atoms with Gasteiger partial charge in [0.05, 0.1) is 4.90 Å². The van der Waals surface area contributed by atoms with Gasteiger partial charge in [0.15, 0.2) is 0 Å². The van der Waals surface area contributed by atoms with Crippen molar-refractivity contribution in [3.05, 3.63) is 65.5 Å². The molecule has 1 heterocycles. The average molecular weight is 390 g/mol. The Hall–Kier alpha value is -2.25. The summed E-state index contributed by atoms with van der Waals surface area (Å²) in [4.78, 5) is 12.5. The Morgan fingerprint density at radius 2 is 1.93 bits per heavy atom. The van der Waals surface area contributed by atoms with Crippen LogP contribution >= 0.6 is 0 Å². The number of nitrogens with one attached hydrogen (secondary N) is 1. The number of halogens is 1. The molecule has 0 saturated carbocycles. The first-order chi connectivity index (χ1) is 12.9. The first-order valence-corrected chi connectivity index (χ1v) is 10.5. The number of hydrogen-bond donors (Lipinski definition) is 1. The Kier molecular flexibility index (Phi) is 5.92. The molecule has 1 aliphatic heterocycles. The molecule has 0 bridgehead atoms. The minimum absolute atomic E-state index is 0.0419. The van der Waals surface area contributed by atoms with Gasteiger partial charge in [-0.3, -0.25) is 4.79 Å². The van der Waals surface area contributed by atoms with E-state index in [0.29, 0.717) is 6.54 Å². The highest BCUT2D eigenvalue weighted by molar-refractivity contribution is 7.89. The summed E-state index contributed by atoms with van der Waals surface area (Å²) < 4.78 is 40.3. The Bertz CT molecular complexity index is 913. The van der Waals surface area contributed by atoms with Crippen molar-refractivity contribution in [2.45, 2.75) is 43.7 Å². The number of sulfonamides is 1. The van der Waals surface area contributed by atoms with Crippen molar-refractivity contribution in [3.63, 3.8) is 0 Å². The summed E-state index contributed by atoms with van der Waals surface area (Å²) in [6, 6.07) is 11.9. The lowest BCUT2D eigenvalue weighted by Crippen LogP contribution is -2.42. The van der Waals surface area contributed by atoms with E-state index in [1.165, 1.54) is 28.6 Å². The molecule has 1 saturated heterocycles. The maximum Gasteiger partial charge on any atom is 0.251 e. The van der Waals surface area contributed by atoms with E-state index in [4.69, 9.17) is 0 Å². The van der Waals surface area contributed by atoms with Crippen LogP contribution in [0.5, 0.6) is 0 Å². The lowest BCUT2D eigenvalue weighted by molar-refractivity contribution is 0.0950. The van der Waals surface area contributed by atoms with Crippen molar-refractivity contribution in [1.29, 1.82) is 0 Å². The van der Waals surface area contributed by atoms with Crippen LogP contribution in [0.15, 0.2) is 53.4 Å². The van der Waals surface area contributed by atoms with Gasteiger partial charge >= 0.3 is 0 Å². The highest BCUT2D eigenvalue weighted by Crippen LogP contribution is 2.25. The Balaban J connectivity index is 1.74. The molecule has 1 aliphatic rings. The highest BCUT2D eigenvalue weighted by Gasteiger charge is 2.31. The number of carbonyl (C=O) groups is 1. The Morgan fingerprint density at radius 1 is 1.19 bits per heavy atom. The van der Waals surface area contributed by atoms with Crippen LogP contribution < -0.4 is 5.32 Å². The van der Waals surface area contributed by atoms with Crippen molar-refractivity contribution in [3.8, 4) is 0 Å². The lowest BCUT2D eigenvalue weighted by atomic mass is 10.1. The smallest absolute Gasteiger partial charge is 0.251 e. The van der Waals surface area contributed by atoms with Gasteiger partial charge < -0.3 is 5.32 Å². The minimum Gasteiger partial charge on any atom is -0.348 e. The average Bonchev–Trinajstić information content (AvgIpc) is 2.67. The third kappa shape index (κ3) is 4.54. The second-order valence-electron chi connectivity index (χ2n) is 6.80. The quantitative estimate of drug-likeness (QED) is 0.852. The molecule has 0 aliphatic carbocycles. The predicted octanol–water partition coefficient (Wildman–Crippen LogP) is 3.32. The molecule has 27 heavy (non-hydrogen) atoms. The van der Waals surface area contributed by atoms with E-state index in [1.54, 1.807) is 24.3 Å². The first kappa shape index (κ1) is 19.5. The van der Waals surface area contributed by atoms with Crippen LogP contribution in [0, 0.1) is 5.82 Å². The van der Waals surface area contributed by atoms with E-state index in [1.807, 2.05) is 6.92 Å². The summed E-state index contributed by atoms with van der Waals surface area (Å²) in [5.74, 6) is -0.710. The van der Waals surface area contributed by atoms with Gasteiger partial charge in [-0.05, 0) is 55.7 Å². The van der Waals surface area contributed by atoms with Crippen molar-refractivity contribution in [2.75, 3.05) is 6.54 Å². The number of nitrogens with zero attached hydrogens (tertiary/aromatic N) is 1. The van der Waals surface area contributed by atoms with E-state index in [0.717, 1.165) is 24.8 Å². The molecule has 144 valence electrons. The molecule has 1 amide bonds. The van der Waals surface area contributed by atoms with Gasteiger partial charge in [-0.1, -0.05) is 24.6 Å². The molecule has 0 radical (unpaired) electrons. The normalized spacial score (nSPS) is 18.2. The molecular formula is C20H23FN2O3S. The standard InChI is InChI=1S/C20H23FN2O3S/c1-15-5-2-3-12-23(15)27(25,26)19-7-4-6-17(13-19)20(24)22-14-16-8-10-18(21)11-9-16/h4,6-11,13,15H,2-3,5,12,14H2,1H3,(H,22,24). The second kappa shape index (κ2) is 8.19. The van der Waals surface area contributed by atoms with Crippen LogP contribution in [0.4, 0.5) is 4.39 Å². The van der Waals surface area contributed by atoms with Gasteiger partial charge in [0, 0.05) is 24.7 Å². The van der Waals surface area contributed by atoms with Crippen LogP contribution in [-0.2, 0) is 16.6 Å². The zero-order valence-electron chi connectivity index (χ0n) is 15.2. The third-order valence-corrected chi connectivity index (χ3v) is 6.82. The summed E-state index contributed by atoms with van der Waals surface area (Å²) in [5, 5.41) is 2.73. The van der Waals surface area contributed by atoms with Crippen LogP contribution in [-0.4, -0.2) is 31.2 Å². The van der Waals surface area contributed by atoms with Crippen molar-refractivity contribution >= 4 is 15.9 Å². The number of carbonyl (C=O) groups excluding carboxylic acids is 1. The molecule has 2 aromatic rings. The second-order valence-corrected chi connectivity index (χ2v) is 8.69. The SMILES string of the molecule is CC1CCCCN1S(=O)(=O)c1cccc(C(=O)NCc2ccc(F)cc2)c1. The molecule has 1 N–H and O–H groups in total. The van der Waals surface area contributed by atoms with Crippen molar-refractivity contribution in [1.82, 2.24) is 9.62 Å². The number of amides is 1. The van der Waals surface area contributed by atoms with Gasteiger partial charge in [-0.2, -0.15) is 4.31 Å². The summed E-state index contributed by atoms with van der Waals surface area (Å²) in [7, 11) is -3.63. The summed E-state index contributed by atoms with van der Waals surface area (Å²) in [6.45, 7) is 2.65. The fraction of sp³-hybridized carbons (Fsp3) is 0.350. The van der Waals surface area contributed by atoms with Crippen LogP contribution in [0.2, 0.25) is 0 Å². The molecule has 7 heteroatoms. The van der Waals surface area contributed by atoms with E-state index in [-0.39, 0.29) is 34.8 Å². The summed E-state index contributed by atoms with van der Waals surface area (Å²) in [5.41, 5.74) is 1.04.